The Kier molecular flexibility index (Phi) is 7.42. The number of aromatic nitrogens is 4. The van der Waals surface area contributed by atoms with Gasteiger partial charge in [-0.1, -0.05) is 30.1 Å². The molecule has 2 saturated carbocycles. The van der Waals surface area contributed by atoms with E-state index in [1.807, 2.05) is 4.57 Å². The number of aliphatic hydroxyl groups excluding tert-OH is 1. The smallest absolute Gasteiger partial charge is 0.224 e. The summed E-state index contributed by atoms with van der Waals surface area (Å²) in [7, 11) is 0. The molecule has 2 aliphatic rings. The van der Waals surface area contributed by atoms with Crippen molar-refractivity contribution in [1.82, 2.24) is 19.5 Å². The SMILES string of the molecule is C[C@@H]1CC[C@@H](Nc2ncc3nc(Nc4c(Cl)cc(F)cc4Cl)n([C@H]4CC[C@H](C(N)=O)CC4)c3n2)C[C@H]1O. The zero-order valence-corrected chi connectivity index (χ0v) is 21.9. The zero-order valence-electron chi connectivity index (χ0n) is 20.4. The Balaban J connectivity index is 1.50. The van der Waals surface area contributed by atoms with Crippen molar-refractivity contribution >= 4 is 57.9 Å². The summed E-state index contributed by atoms with van der Waals surface area (Å²) in [6, 6.07) is 2.42. The summed E-state index contributed by atoms with van der Waals surface area (Å²) in [6.45, 7) is 2.06. The molecule has 5 N–H and O–H groups in total. The lowest BCUT2D eigenvalue weighted by atomic mass is 9.85. The van der Waals surface area contributed by atoms with Gasteiger partial charge in [-0.25, -0.2) is 14.4 Å². The number of hydrogen-bond acceptors (Lipinski definition) is 7. The fourth-order valence-corrected chi connectivity index (χ4v) is 5.95. The van der Waals surface area contributed by atoms with E-state index < -0.39 is 5.82 Å². The van der Waals surface area contributed by atoms with Crippen LogP contribution < -0.4 is 16.4 Å². The summed E-state index contributed by atoms with van der Waals surface area (Å²) in [6.07, 6.45) is 6.50. The number of primary amides is 1. The quantitative estimate of drug-likeness (QED) is 0.332. The Morgan fingerprint density at radius 1 is 1.14 bits per heavy atom. The van der Waals surface area contributed by atoms with E-state index in [9.17, 15) is 14.3 Å². The molecule has 0 unspecified atom stereocenters. The third-order valence-electron chi connectivity index (χ3n) is 7.63. The first-order chi connectivity index (χ1) is 17.7. The van der Waals surface area contributed by atoms with Crippen LogP contribution in [0.2, 0.25) is 10.0 Å². The highest BCUT2D eigenvalue weighted by molar-refractivity contribution is 6.39. The molecule has 1 aromatic carbocycles. The van der Waals surface area contributed by atoms with E-state index in [4.69, 9.17) is 38.9 Å². The first-order valence-corrected chi connectivity index (χ1v) is 13.4. The average molecular weight is 550 g/mol. The van der Waals surface area contributed by atoms with Gasteiger partial charge < -0.3 is 21.5 Å². The van der Waals surface area contributed by atoms with Gasteiger partial charge in [0.15, 0.2) is 5.65 Å². The second-order valence-electron chi connectivity index (χ2n) is 10.2. The van der Waals surface area contributed by atoms with Crippen LogP contribution >= 0.6 is 23.2 Å². The molecule has 198 valence electrons. The number of halogens is 3. The van der Waals surface area contributed by atoms with Crippen molar-refractivity contribution in [3.8, 4) is 0 Å². The Hall–Kier alpha value is -2.69. The number of amides is 1. The first-order valence-electron chi connectivity index (χ1n) is 12.6. The van der Waals surface area contributed by atoms with Crippen LogP contribution in [0.4, 0.5) is 22.0 Å². The lowest BCUT2D eigenvalue weighted by molar-refractivity contribution is -0.122. The van der Waals surface area contributed by atoms with Crippen molar-refractivity contribution in [3.05, 3.63) is 34.2 Å². The third-order valence-corrected chi connectivity index (χ3v) is 8.22. The van der Waals surface area contributed by atoms with Crippen LogP contribution in [0.25, 0.3) is 11.2 Å². The highest BCUT2D eigenvalue weighted by Crippen LogP contribution is 2.39. The summed E-state index contributed by atoms with van der Waals surface area (Å²) in [5.74, 6) is 0.196. The van der Waals surface area contributed by atoms with Crippen LogP contribution in [-0.4, -0.2) is 42.7 Å². The molecule has 5 rings (SSSR count). The van der Waals surface area contributed by atoms with Gasteiger partial charge in [0.2, 0.25) is 17.8 Å². The number of aliphatic hydroxyl groups is 1. The Bertz CT molecular complexity index is 1290. The summed E-state index contributed by atoms with van der Waals surface area (Å²) in [5, 5.41) is 17.1. The number of anilines is 3. The summed E-state index contributed by atoms with van der Waals surface area (Å²) < 4.78 is 15.8. The molecule has 0 aliphatic heterocycles. The maximum Gasteiger partial charge on any atom is 0.224 e. The Morgan fingerprint density at radius 2 is 1.84 bits per heavy atom. The molecule has 2 heterocycles. The fraction of sp³-hybridized carbons (Fsp3) is 0.520. The number of carbonyl (C=O) groups excluding carboxylic acids is 1. The maximum atomic E-state index is 13.8. The maximum absolute atomic E-state index is 13.8. The van der Waals surface area contributed by atoms with Gasteiger partial charge in [0, 0.05) is 18.0 Å². The lowest BCUT2D eigenvalue weighted by Crippen LogP contribution is -2.35. The van der Waals surface area contributed by atoms with Gasteiger partial charge in [-0.2, -0.15) is 4.98 Å². The van der Waals surface area contributed by atoms with Crippen molar-refractivity contribution in [2.45, 2.75) is 70.1 Å². The highest BCUT2D eigenvalue weighted by atomic mass is 35.5. The van der Waals surface area contributed by atoms with E-state index in [1.54, 1.807) is 6.20 Å². The third kappa shape index (κ3) is 5.46. The largest absolute Gasteiger partial charge is 0.393 e. The van der Waals surface area contributed by atoms with Gasteiger partial charge in [-0.15, -0.1) is 0 Å². The Labute approximate surface area is 224 Å². The number of hydrogen-bond donors (Lipinski definition) is 4. The van der Waals surface area contributed by atoms with Crippen molar-refractivity contribution in [3.63, 3.8) is 0 Å². The van der Waals surface area contributed by atoms with Crippen LogP contribution in [0.15, 0.2) is 18.3 Å². The molecule has 2 aliphatic carbocycles. The van der Waals surface area contributed by atoms with Gasteiger partial charge >= 0.3 is 0 Å². The number of nitrogens with two attached hydrogens (primary N) is 1. The molecule has 3 atom stereocenters. The molecular formula is C25H30Cl2FN7O2. The molecule has 0 bridgehead atoms. The monoisotopic (exact) mass is 549 g/mol. The van der Waals surface area contributed by atoms with Gasteiger partial charge in [0.05, 0.1) is 28.0 Å². The standard InChI is InChI=1S/C25H30Cl2FN7O2/c1-12-2-5-15(10-20(12)36)31-24-30-11-19-23(34-24)35(16-6-3-13(4-7-16)22(29)37)25(32-19)33-21-17(26)8-14(28)9-18(21)27/h8-9,11-13,15-16,20,36H,2-7,10H2,1H3,(H2,29,37)(H,32,33)(H,30,31,34)/t12-,13-,15-,16-,20-/m1/s1. The second-order valence-corrected chi connectivity index (χ2v) is 11.0. The number of benzene rings is 1. The van der Waals surface area contributed by atoms with Crippen LogP contribution in [0.1, 0.15) is 57.9 Å². The fourth-order valence-electron chi connectivity index (χ4n) is 5.40. The average Bonchev–Trinajstić information content (AvgIpc) is 3.21. The number of nitrogens with one attached hydrogen (secondary N) is 2. The van der Waals surface area contributed by atoms with Crippen LogP contribution in [0, 0.1) is 17.7 Å². The number of rotatable bonds is 6. The Morgan fingerprint density at radius 3 is 2.49 bits per heavy atom. The molecule has 9 nitrogen and oxygen atoms in total. The molecule has 2 fully saturated rings. The summed E-state index contributed by atoms with van der Waals surface area (Å²) in [5.41, 5.74) is 7.07. The summed E-state index contributed by atoms with van der Waals surface area (Å²) >= 11 is 12.6. The van der Waals surface area contributed by atoms with Gasteiger partial charge in [-0.05, 0) is 63.0 Å². The van der Waals surface area contributed by atoms with Crippen molar-refractivity contribution in [1.29, 1.82) is 0 Å². The second kappa shape index (κ2) is 10.6. The topological polar surface area (TPSA) is 131 Å². The summed E-state index contributed by atoms with van der Waals surface area (Å²) in [4.78, 5) is 25.7. The van der Waals surface area contributed by atoms with E-state index in [0.717, 1.165) is 12.8 Å². The predicted octanol–water partition coefficient (Wildman–Crippen LogP) is 5.19. The number of carbonyl (C=O) groups is 1. The van der Waals surface area contributed by atoms with E-state index in [1.165, 1.54) is 12.1 Å². The van der Waals surface area contributed by atoms with Crippen LogP contribution in [0.3, 0.4) is 0 Å². The van der Waals surface area contributed by atoms with Gasteiger partial charge in [0.25, 0.3) is 0 Å². The normalized spacial score (nSPS) is 26.2. The number of imidazole rings is 1. The van der Waals surface area contributed by atoms with Crippen molar-refractivity contribution in [2.24, 2.45) is 17.6 Å². The van der Waals surface area contributed by atoms with E-state index in [-0.39, 0.29) is 46.0 Å². The van der Waals surface area contributed by atoms with Crippen molar-refractivity contribution in [2.75, 3.05) is 10.6 Å². The zero-order chi connectivity index (χ0) is 26.3. The molecule has 0 saturated heterocycles. The minimum Gasteiger partial charge on any atom is -0.393 e. The lowest BCUT2D eigenvalue weighted by Gasteiger charge is -2.31. The van der Waals surface area contributed by atoms with Gasteiger partial charge in [0.1, 0.15) is 11.3 Å². The molecule has 0 radical (unpaired) electrons. The van der Waals surface area contributed by atoms with Gasteiger partial charge in [-0.3, -0.25) is 9.36 Å². The highest BCUT2D eigenvalue weighted by Gasteiger charge is 2.30. The van der Waals surface area contributed by atoms with Crippen LogP contribution in [-0.2, 0) is 4.79 Å². The molecule has 12 heteroatoms. The van der Waals surface area contributed by atoms with E-state index in [0.29, 0.717) is 60.9 Å². The first kappa shape index (κ1) is 25.9. The minimum absolute atomic E-state index is 0.0128. The van der Waals surface area contributed by atoms with E-state index >= 15 is 0 Å². The molecular weight excluding hydrogens is 520 g/mol. The van der Waals surface area contributed by atoms with E-state index in [2.05, 4.69) is 22.5 Å². The molecule has 0 spiro atoms. The molecule has 3 aromatic rings. The van der Waals surface area contributed by atoms with Crippen molar-refractivity contribution < 1.29 is 14.3 Å². The number of nitrogens with zero attached hydrogens (tertiary/aromatic N) is 4. The van der Waals surface area contributed by atoms with Crippen LogP contribution in [0.5, 0.6) is 0 Å². The minimum atomic E-state index is -0.539. The number of fused-ring (bicyclic) bond motifs is 1. The molecule has 1 amide bonds. The molecule has 37 heavy (non-hydrogen) atoms. The molecule has 2 aromatic heterocycles. The predicted molar refractivity (Wildman–Crippen MR) is 142 cm³/mol.